The monoisotopic (exact) mass is 550 g/mol. The number of thiazole rings is 1. The summed E-state index contributed by atoms with van der Waals surface area (Å²) in [5, 5.41) is 1.14. The topological polar surface area (TPSA) is 70.2 Å². The van der Waals surface area contributed by atoms with Crippen LogP contribution < -0.4 is 9.77 Å². The number of anilines is 1. The van der Waals surface area contributed by atoms with Gasteiger partial charge in [0.05, 0.1) is 22.5 Å². The zero-order chi connectivity index (χ0) is 26.4. The number of aromatic amines is 1. The molecule has 7 atom stereocenters. The first-order chi connectivity index (χ1) is 19.0. The molecule has 0 spiro atoms. The second-order valence-electron chi connectivity index (χ2n) is 11.3. The van der Waals surface area contributed by atoms with Crippen molar-refractivity contribution in [3.05, 3.63) is 105 Å². The van der Waals surface area contributed by atoms with E-state index in [9.17, 15) is 14.4 Å². The molecular weight excluding hydrogens is 524 g/mol. The van der Waals surface area contributed by atoms with Crippen molar-refractivity contribution >= 4 is 40.6 Å². The summed E-state index contributed by atoms with van der Waals surface area (Å²) in [7, 11) is 0. The quantitative estimate of drug-likeness (QED) is 0.314. The van der Waals surface area contributed by atoms with Gasteiger partial charge in [0.2, 0.25) is 11.8 Å². The van der Waals surface area contributed by atoms with Crippen LogP contribution in [-0.4, -0.2) is 22.0 Å². The van der Waals surface area contributed by atoms with E-state index in [4.69, 9.17) is 0 Å². The van der Waals surface area contributed by atoms with Gasteiger partial charge in [-0.25, -0.2) is 0 Å². The van der Waals surface area contributed by atoms with Crippen molar-refractivity contribution in [3.8, 4) is 11.1 Å². The van der Waals surface area contributed by atoms with Gasteiger partial charge in [-0.15, -0.1) is 11.8 Å². The number of rotatable bonds is 3. The number of imide groups is 1. The summed E-state index contributed by atoms with van der Waals surface area (Å²) in [6, 6.07) is 26.7. The van der Waals surface area contributed by atoms with Gasteiger partial charge < -0.3 is 4.98 Å². The Morgan fingerprint density at radius 3 is 2.18 bits per heavy atom. The van der Waals surface area contributed by atoms with Gasteiger partial charge in [0, 0.05) is 16.0 Å². The molecule has 2 bridgehead atoms. The van der Waals surface area contributed by atoms with Gasteiger partial charge in [0.1, 0.15) is 0 Å². The van der Waals surface area contributed by atoms with Gasteiger partial charge in [0.25, 0.3) is 0 Å². The van der Waals surface area contributed by atoms with E-state index in [-0.39, 0.29) is 57.4 Å². The molecule has 4 aliphatic rings. The van der Waals surface area contributed by atoms with Crippen molar-refractivity contribution in [2.24, 2.45) is 29.6 Å². The van der Waals surface area contributed by atoms with E-state index in [2.05, 4.69) is 41.4 Å². The molecule has 8 rings (SSSR count). The fourth-order valence-corrected chi connectivity index (χ4v) is 10.7. The Balaban J connectivity index is 1.19. The number of aryl methyl sites for hydroxylation is 1. The molecule has 5 nitrogen and oxygen atoms in total. The molecule has 1 N–H and O–H groups in total. The number of carbonyl (C=O) groups excluding carboxylic acids is 2. The van der Waals surface area contributed by atoms with Crippen molar-refractivity contribution < 1.29 is 9.59 Å². The molecule has 0 radical (unpaired) electrons. The lowest BCUT2D eigenvalue weighted by molar-refractivity contribution is -0.123. The summed E-state index contributed by atoms with van der Waals surface area (Å²) < 4.78 is 0. The molecule has 3 heterocycles. The molecule has 39 heavy (non-hydrogen) atoms. The molecule has 2 aliphatic carbocycles. The number of amides is 2. The zero-order valence-corrected chi connectivity index (χ0v) is 22.9. The molecule has 3 aromatic carbocycles. The van der Waals surface area contributed by atoms with E-state index in [1.54, 1.807) is 11.8 Å². The van der Waals surface area contributed by atoms with Gasteiger partial charge >= 0.3 is 4.87 Å². The fraction of sp³-hybridized carbons (Fsp3) is 0.281. The van der Waals surface area contributed by atoms with Crippen LogP contribution in [-0.2, 0) is 9.59 Å². The lowest BCUT2D eigenvalue weighted by atomic mass is 9.68. The van der Waals surface area contributed by atoms with Crippen LogP contribution in [0.2, 0.25) is 0 Å². The summed E-state index contributed by atoms with van der Waals surface area (Å²) in [5.74, 6) is -0.160. The summed E-state index contributed by atoms with van der Waals surface area (Å²) in [4.78, 5) is 45.8. The molecule has 7 heteroatoms. The van der Waals surface area contributed by atoms with Crippen LogP contribution in [0.15, 0.2) is 88.7 Å². The van der Waals surface area contributed by atoms with Crippen LogP contribution in [0.1, 0.15) is 28.3 Å². The number of nitrogens with one attached hydrogen (secondary N) is 1. The highest BCUT2D eigenvalue weighted by Crippen LogP contribution is 2.68. The molecule has 1 saturated heterocycles. The highest BCUT2D eigenvalue weighted by Gasteiger charge is 2.69. The predicted molar refractivity (Wildman–Crippen MR) is 154 cm³/mol. The minimum Gasteiger partial charge on any atom is -0.307 e. The average Bonchev–Trinajstić information content (AvgIpc) is 3.69. The van der Waals surface area contributed by atoms with Crippen LogP contribution >= 0.6 is 23.1 Å². The highest BCUT2D eigenvalue weighted by molar-refractivity contribution is 8.00. The highest BCUT2D eigenvalue weighted by atomic mass is 32.2. The van der Waals surface area contributed by atoms with Gasteiger partial charge in [-0.3, -0.25) is 19.3 Å². The molecule has 7 unspecified atom stereocenters. The number of benzene rings is 3. The van der Waals surface area contributed by atoms with Crippen LogP contribution in [0, 0.1) is 36.5 Å². The lowest BCUT2D eigenvalue weighted by Crippen LogP contribution is -2.42. The molecule has 2 aliphatic heterocycles. The predicted octanol–water partition coefficient (Wildman–Crippen LogP) is 6.09. The minimum absolute atomic E-state index is 0.0345. The Bertz CT molecular complexity index is 1680. The van der Waals surface area contributed by atoms with Crippen molar-refractivity contribution in [1.29, 1.82) is 0 Å². The van der Waals surface area contributed by atoms with E-state index in [0.29, 0.717) is 5.69 Å². The molecule has 194 valence electrons. The van der Waals surface area contributed by atoms with Crippen molar-refractivity contribution in [3.63, 3.8) is 0 Å². The maximum Gasteiger partial charge on any atom is 0.305 e. The fourth-order valence-electron chi connectivity index (χ4n) is 7.85. The van der Waals surface area contributed by atoms with Gasteiger partial charge in [0.15, 0.2) is 0 Å². The van der Waals surface area contributed by atoms with Crippen LogP contribution in [0.4, 0.5) is 5.69 Å². The van der Waals surface area contributed by atoms with E-state index in [1.165, 1.54) is 27.4 Å². The number of nitrogens with zero attached hydrogens (tertiary/aromatic N) is 1. The van der Waals surface area contributed by atoms with Crippen LogP contribution in [0.25, 0.3) is 11.1 Å². The van der Waals surface area contributed by atoms with E-state index in [1.807, 2.05) is 49.4 Å². The third-order valence-corrected chi connectivity index (χ3v) is 12.0. The standard InChI is InChI=1S/C32H26N2O3S2/c1-16-7-13-20(14-8-16)34-30(35)25-21-15-22(26(25)31(34)36)27-24(21)23(28-29(38-27)33-32(37)39-28)19-11-9-18(10-12-19)17-5-3-2-4-6-17/h2-14,21-27H,15H2,1H3,(H,33,37). The van der Waals surface area contributed by atoms with E-state index >= 15 is 0 Å². The number of hydrogen-bond donors (Lipinski definition) is 1. The Hall–Kier alpha value is -3.42. The number of thioether (sulfide) groups is 1. The van der Waals surface area contributed by atoms with Gasteiger partial charge in [-0.05, 0) is 59.9 Å². The average molecular weight is 551 g/mol. The molecule has 1 aromatic heterocycles. The third-order valence-electron chi connectivity index (χ3n) is 9.39. The van der Waals surface area contributed by atoms with Gasteiger partial charge in [-0.1, -0.05) is 83.6 Å². The number of hydrogen-bond acceptors (Lipinski definition) is 5. The molecule has 2 amide bonds. The minimum atomic E-state index is -0.283. The van der Waals surface area contributed by atoms with Crippen LogP contribution in [0.5, 0.6) is 0 Å². The first-order valence-corrected chi connectivity index (χ1v) is 15.2. The normalized spacial score (nSPS) is 30.4. The first-order valence-electron chi connectivity index (χ1n) is 13.5. The third kappa shape index (κ3) is 3.36. The Kier molecular flexibility index (Phi) is 5.14. The van der Waals surface area contributed by atoms with Gasteiger partial charge in [-0.2, -0.15) is 0 Å². The Labute approximate surface area is 234 Å². The number of carbonyl (C=O) groups is 2. The summed E-state index contributed by atoms with van der Waals surface area (Å²) in [6.45, 7) is 2.00. The smallest absolute Gasteiger partial charge is 0.305 e. The molecular formula is C32H26N2O3S2. The molecule has 2 saturated carbocycles. The van der Waals surface area contributed by atoms with Crippen LogP contribution in [0.3, 0.4) is 0 Å². The van der Waals surface area contributed by atoms with Crippen molar-refractivity contribution in [2.45, 2.75) is 29.5 Å². The largest absolute Gasteiger partial charge is 0.307 e. The van der Waals surface area contributed by atoms with E-state index < -0.39 is 0 Å². The number of fused-ring (bicyclic) bond motifs is 9. The first kappa shape index (κ1) is 23.5. The molecule has 3 fully saturated rings. The number of H-pyrrole nitrogens is 1. The number of aromatic nitrogens is 1. The summed E-state index contributed by atoms with van der Waals surface area (Å²) in [5.41, 5.74) is 5.28. The maximum absolute atomic E-state index is 13.9. The zero-order valence-electron chi connectivity index (χ0n) is 21.2. The maximum atomic E-state index is 13.9. The second-order valence-corrected chi connectivity index (χ2v) is 13.5. The Morgan fingerprint density at radius 1 is 0.795 bits per heavy atom. The summed E-state index contributed by atoms with van der Waals surface area (Å²) in [6.07, 6.45) is 0.897. The SMILES string of the molecule is Cc1ccc(N2C(=O)C3C4CC(C3C2=O)C2C(c3ccc(-c5ccccc5)cc3)c3sc(=O)[nH]c3SC42)cc1. The molecule has 4 aromatic rings. The Morgan fingerprint density at radius 2 is 1.46 bits per heavy atom. The van der Waals surface area contributed by atoms with E-state index in [0.717, 1.165) is 27.5 Å². The second kappa shape index (κ2) is 8.54. The summed E-state index contributed by atoms with van der Waals surface area (Å²) >= 11 is 3.04. The van der Waals surface area contributed by atoms with Crippen molar-refractivity contribution in [1.82, 2.24) is 4.98 Å². The lowest BCUT2D eigenvalue weighted by Gasteiger charge is -2.43. The van der Waals surface area contributed by atoms with Crippen molar-refractivity contribution in [2.75, 3.05) is 4.90 Å².